The van der Waals surface area contributed by atoms with Crippen molar-refractivity contribution in [1.82, 2.24) is 0 Å². The highest BCUT2D eigenvalue weighted by atomic mass is 19.4. The molecule has 0 spiro atoms. The molecule has 4 nitrogen and oxygen atoms in total. The first-order valence-corrected chi connectivity index (χ1v) is 6.37. The molecular formula is C15H13F3N2O2. The summed E-state index contributed by atoms with van der Waals surface area (Å²) in [5.41, 5.74) is -1.34. The summed E-state index contributed by atoms with van der Waals surface area (Å²) in [7, 11) is 0. The summed E-state index contributed by atoms with van der Waals surface area (Å²) in [6.45, 7) is 1.56. The zero-order chi connectivity index (χ0) is 16.8. The van der Waals surface area contributed by atoms with Gasteiger partial charge in [0, 0.05) is 5.57 Å². The number of rotatable bonds is 5. The zero-order valence-electron chi connectivity index (χ0n) is 11.7. The van der Waals surface area contributed by atoms with Gasteiger partial charge in [-0.1, -0.05) is 19.4 Å². The molecule has 0 aliphatic carbocycles. The van der Waals surface area contributed by atoms with E-state index in [2.05, 4.69) is 4.99 Å². The number of hydrogen-bond acceptors (Lipinski definition) is 3. The van der Waals surface area contributed by atoms with E-state index in [9.17, 15) is 18.0 Å². The Morgan fingerprint density at radius 1 is 1.45 bits per heavy atom. The molecule has 0 fully saturated rings. The summed E-state index contributed by atoms with van der Waals surface area (Å²) in [4.78, 5) is 14.8. The van der Waals surface area contributed by atoms with Gasteiger partial charge in [0.15, 0.2) is 0 Å². The lowest BCUT2D eigenvalue weighted by atomic mass is 10.1. The first-order valence-electron chi connectivity index (χ1n) is 6.37. The highest BCUT2D eigenvalue weighted by molar-refractivity contribution is 6.41. The number of aliphatic imine (C=N–C) groups is 1. The smallest absolute Gasteiger partial charge is 0.412 e. The van der Waals surface area contributed by atoms with E-state index in [0.29, 0.717) is 6.08 Å². The number of carboxylic acid groups (broad SMARTS) is 1. The van der Waals surface area contributed by atoms with Crippen molar-refractivity contribution in [1.29, 1.82) is 5.26 Å². The second-order valence-corrected chi connectivity index (χ2v) is 4.38. The molecule has 0 atom stereocenters. The molecule has 1 rings (SSSR count). The molecule has 0 bridgehead atoms. The van der Waals surface area contributed by atoms with Gasteiger partial charge in [0.25, 0.3) is 0 Å². The molecule has 7 heteroatoms. The lowest BCUT2D eigenvalue weighted by Crippen LogP contribution is -2.17. The van der Waals surface area contributed by atoms with Crippen LogP contribution < -0.4 is 0 Å². The minimum absolute atomic E-state index is 0.103. The van der Waals surface area contributed by atoms with E-state index in [-0.39, 0.29) is 24.1 Å². The average Bonchev–Trinajstić information content (AvgIpc) is 2.44. The van der Waals surface area contributed by atoms with E-state index < -0.39 is 23.4 Å². The minimum atomic E-state index is -4.61. The van der Waals surface area contributed by atoms with E-state index in [1.54, 1.807) is 6.92 Å². The largest absolute Gasteiger partial charge is 0.477 e. The standard InChI is InChI=1S/C15H13F3N2O2/c1-2-4-11(15(16,17)18)8-13(14(21)22)20-12-6-3-5-10(7-12)9-19/h3,5-8H,2,4H2,1H3,(H,21,22)/b11-8+,20-13?. The van der Waals surface area contributed by atoms with Crippen molar-refractivity contribution in [3.8, 4) is 6.07 Å². The maximum absolute atomic E-state index is 12.8. The van der Waals surface area contributed by atoms with E-state index in [1.807, 2.05) is 6.07 Å². The van der Waals surface area contributed by atoms with Crippen LogP contribution in [-0.4, -0.2) is 23.0 Å². The maximum atomic E-state index is 12.8. The van der Waals surface area contributed by atoms with Crippen LogP contribution in [0, 0.1) is 11.3 Å². The molecule has 0 unspecified atom stereocenters. The average molecular weight is 310 g/mol. The topological polar surface area (TPSA) is 73.5 Å². The third-order valence-electron chi connectivity index (χ3n) is 2.64. The Bertz CT molecular complexity index is 655. The van der Waals surface area contributed by atoms with Crippen LogP contribution in [0.25, 0.3) is 0 Å². The molecule has 1 aromatic carbocycles. The van der Waals surface area contributed by atoms with Crippen molar-refractivity contribution in [3.63, 3.8) is 0 Å². The molecule has 116 valence electrons. The summed E-state index contributed by atoms with van der Waals surface area (Å²) in [5.74, 6) is -1.57. The van der Waals surface area contributed by atoms with Crippen molar-refractivity contribution >= 4 is 17.4 Å². The second kappa shape index (κ2) is 7.41. The van der Waals surface area contributed by atoms with Crippen molar-refractivity contribution in [3.05, 3.63) is 41.5 Å². The lowest BCUT2D eigenvalue weighted by Gasteiger charge is -2.10. The second-order valence-electron chi connectivity index (χ2n) is 4.38. The zero-order valence-corrected chi connectivity index (χ0v) is 11.7. The molecule has 0 saturated heterocycles. The third kappa shape index (κ3) is 5.05. The summed E-state index contributed by atoms with van der Waals surface area (Å²) < 4.78 is 38.5. The quantitative estimate of drug-likeness (QED) is 0.835. The minimum Gasteiger partial charge on any atom is -0.477 e. The molecule has 0 aliphatic heterocycles. The van der Waals surface area contributed by atoms with Crippen LogP contribution in [0.5, 0.6) is 0 Å². The molecule has 0 aliphatic rings. The SMILES string of the molecule is CCC/C(=C\C(=Nc1cccc(C#N)c1)C(=O)O)C(F)(F)F. The van der Waals surface area contributed by atoms with Crippen LogP contribution in [0.1, 0.15) is 25.3 Å². The number of benzene rings is 1. The van der Waals surface area contributed by atoms with E-state index in [4.69, 9.17) is 10.4 Å². The van der Waals surface area contributed by atoms with Gasteiger partial charge in [0.05, 0.1) is 17.3 Å². The van der Waals surface area contributed by atoms with Crippen LogP contribution in [-0.2, 0) is 4.79 Å². The monoisotopic (exact) mass is 310 g/mol. The first-order chi connectivity index (χ1) is 10.3. The summed E-state index contributed by atoms with van der Waals surface area (Å²) in [6, 6.07) is 7.50. The lowest BCUT2D eigenvalue weighted by molar-refractivity contribution is -0.129. The predicted octanol–water partition coefficient (Wildman–Crippen LogP) is 4.00. The number of nitrogens with zero attached hydrogens (tertiary/aromatic N) is 2. The van der Waals surface area contributed by atoms with Crippen LogP contribution >= 0.6 is 0 Å². The number of aliphatic carboxylic acids is 1. The molecule has 1 N–H and O–H groups in total. The Hall–Kier alpha value is -2.62. The summed E-state index contributed by atoms with van der Waals surface area (Å²) in [6.07, 6.45) is -4.15. The number of hydrogen-bond donors (Lipinski definition) is 1. The number of nitriles is 1. The molecule has 0 heterocycles. The molecule has 0 radical (unpaired) electrons. The normalized spacial score (nSPS) is 12.9. The van der Waals surface area contributed by atoms with Gasteiger partial charge in [-0.05, 0) is 30.7 Å². The summed E-state index contributed by atoms with van der Waals surface area (Å²) in [5, 5.41) is 17.8. The van der Waals surface area contributed by atoms with E-state index in [1.165, 1.54) is 24.3 Å². The molecule has 0 aromatic heterocycles. The van der Waals surface area contributed by atoms with Gasteiger partial charge in [-0.2, -0.15) is 18.4 Å². The molecule has 1 aromatic rings. The van der Waals surface area contributed by atoms with Gasteiger partial charge in [-0.3, -0.25) is 0 Å². The predicted molar refractivity (Wildman–Crippen MR) is 74.9 cm³/mol. The summed E-state index contributed by atoms with van der Waals surface area (Å²) >= 11 is 0. The maximum Gasteiger partial charge on any atom is 0.412 e. The van der Waals surface area contributed by atoms with Gasteiger partial charge in [0.2, 0.25) is 0 Å². The fraction of sp³-hybridized carbons (Fsp3) is 0.267. The number of allylic oxidation sites excluding steroid dienone is 1. The highest BCUT2D eigenvalue weighted by Gasteiger charge is 2.33. The number of carboxylic acids is 1. The van der Waals surface area contributed by atoms with Gasteiger partial charge in [0.1, 0.15) is 5.71 Å². The van der Waals surface area contributed by atoms with E-state index in [0.717, 1.165) is 0 Å². The van der Waals surface area contributed by atoms with Crippen molar-refractivity contribution in [2.75, 3.05) is 0 Å². The van der Waals surface area contributed by atoms with Gasteiger partial charge < -0.3 is 5.11 Å². The van der Waals surface area contributed by atoms with Crippen LogP contribution in [0.4, 0.5) is 18.9 Å². The Kier molecular flexibility index (Phi) is 5.87. The third-order valence-corrected chi connectivity index (χ3v) is 2.64. The van der Waals surface area contributed by atoms with Crippen LogP contribution in [0.2, 0.25) is 0 Å². The highest BCUT2D eigenvalue weighted by Crippen LogP contribution is 2.29. The van der Waals surface area contributed by atoms with E-state index >= 15 is 0 Å². The van der Waals surface area contributed by atoms with Crippen LogP contribution in [0.15, 0.2) is 40.9 Å². The van der Waals surface area contributed by atoms with Gasteiger partial charge >= 0.3 is 12.1 Å². The van der Waals surface area contributed by atoms with Crippen LogP contribution in [0.3, 0.4) is 0 Å². The Morgan fingerprint density at radius 2 is 2.14 bits per heavy atom. The first kappa shape index (κ1) is 17.4. The van der Waals surface area contributed by atoms with Gasteiger partial charge in [-0.25, -0.2) is 9.79 Å². The molecule has 0 saturated carbocycles. The molecule has 0 amide bonds. The Balaban J connectivity index is 3.30. The Labute approximate surface area is 125 Å². The number of carbonyl (C=O) groups is 1. The van der Waals surface area contributed by atoms with Gasteiger partial charge in [-0.15, -0.1) is 0 Å². The van der Waals surface area contributed by atoms with Crippen molar-refractivity contribution in [2.45, 2.75) is 25.9 Å². The number of alkyl halides is 3. The van der Waals surface area contributed by atoms with Crippen molar-refractivity contribution in [2.24, 2.45) is 4.99 Å². The fourth-order valence-electron chi connectivity index (χ4n) is 1.66. The Morgan fingerprint density at radius 3 is 2.64 bits per heavy atom. The molecule has 22 heavy (non-hydrogen) atoms. The molecular weight excluding hydrogens is 297 g/mol. The fourth-order valence-corrected chi connectivity index (χ4v) is 1.66. The number of halogens is 3. The van der Waals surface area contributed by atoms with Crippen molar-refractivity contribution < 1.29 is 23.1 Å².